The Morgan fingerprint density at radius 1 is 0.921 bits per heavy atom. The Hall–Kier alpha value is -3.60. The van der Waals surface area contributed by atoms with E-state index in [9.17, 15) is 27.6 Å². The molecule has 0 radical (unpaired) electrons. The molecule has 0 unspecified atom stereocenters. The quantitative estimate of drug-likeness (QED) is 0.545. The lowest BCUT2D eigenvalue weighted by molar-refractivity contribution is -0.137. The van der Waals surface area contributed by atoms with E-state index in [2.05, 4.69) is 9.88 Å². The van der Waals surface area contributed by atoms with Crippen LogP contribution in [0.3, 0.4) is 0 Å². The van der Waals surface area contributed by atoms with Crippen molar-refractivity contribution in [2.75, 3.05) is 39.3 Å². The minimum atomic E-state index is -4.36. The second-order valence-electron chi connectivity index (χ2n) is 9.86. The van der Waals surface area contributed by atoms with Crippen molar-refractivity contribution in [3.05, 3.63) is 69.7 Å². The maximum atomic E-state index is 13.0. The number of aryl methyl sites for hydroxylation is 1. The van der Waals surface area contributed by atoms with Crippen molar-refractivity contribution in [3.8, 4) is 0 Å². The lowest BCUT2D eigenvalue weighted by Gasteiger charge is -2.42. The summed E-state index contributed by atoms with van der Waals surface area (Å²) in [5.41, 5.74) is 1.43. The first-order valence-corrected chi connectivity index (χ1v) is 12.8. The molecule has 3 heterocycles. The number of piperidine rings is 1. The molecule has 38 heavy (non-hydrogen) atoms. The third-order valence-corrected chi connectivity index (χ3v) is 7.51. The molecule has 0 bridgehead atoms. The first-order chi connectivity index (χ1) is 18.2. The highest BCUT2D eigenvalue weighted by Gasteiger charge is 2.31. The molecular weight excluding hydrogens is 501 g/mol. The van der Waals surface area contributed by atoms with Gasteiger partial charge in [0, 0.05) is 57.3 Å². The van der Waals surface area contributed by atoms with Crippen LogP contribution in [-0.2, 0) is 17.4 Å². The van der Waals surface area contributed by atoms with Crippen LogP contribution in [0.15, 0.2) is 51.7 Å². The van der Waals surface area contributed by atoms with Gasteiger partial charge in [-0.25, -0.2) is 4.79 Å². The van der Waals surface area contributed by atoms with Crippen molar-refractivity contribution in [1.82, 2.24) is 19.7 Å². The second-order valence-corrected chi connectivity index (χ2v) is 9.86. The number of piperazine rings is 1. The molecular formula is C27H29F3N4O4. The van der Waals surface area contributed by atoms with Crippen LogP contribution in [0.5, 0.6) is 0 Å². The predicted octanol–water partition coefficient (Wildman–Crippen LogP) is 3.52. The van der Waals surface area contributed by atoms with Crippen molar-refractivity contribution in [1.29, 1.82) is 0 Å². The maximum Gasteiger partial charge on any atom is 0.417 e. The van der Waals surface area contributed by atoms with E-state index in [4.69, 9.17) is 4.42 Å². The fraction of sp³-hybridized carbons (Fsp3) is 0.444. The SMILES string of the molecule is O=C(CCc1ccc(C(F)(F)F)cc1)N1CCN(C2CCN(C(=O)c3ccc4[nH]c(=O)oc4c3)CC2)CC1. The zero-order valence-electron chi connectivity index (χ0n) is 20.8. The minimum absolute atomic E-state index is 0.0141. The summed E-state index contributed by atoms with van der Waals surface area (Å²) in [7, 11) is 0. The number of aromatic amines is 1. The molecule has 2 fully saturated rings. The molecule has 2 aliphatic heterocycles. The summed E-state index contributed by atoms with van der Waals surface area (Å²) < 4.78 is 43.2. The number of benzene rings is 2. The van der Waals surface area contributed by atoms with Gasteiger partial charge in [-0.15, -0.1) is 0 Å². The topological polar surface area (TPSA) is 89.9 Å². The number of carbonyl (C=O) groups is 2. The van der Waals surface area contributed by atoms with Gasteiger partial charge in [-0.1, -0.05) is 12.1 Å². The predicted molar refractivity (Wildman–Crippen MR) is 134 cm³/mol. The number of nitrogens with zero attached hydrogens (tertiary/aromatic N) is 3. The highest BCUT2D eigenvalue weighted by Crippen LogP contribution is 2.29. The fourth-order valence-electron chi connectivity index (χ4n) is 5.30. The molecule has 2 amide bonds. The molecule has 202 valence electrons. The molecule has 0 aliphatic carbocycles. The molecule has 0 saturated carbocycles. The average Bonchev–Trinajstić information content (AvgIpc) is 3.30. The number of rotatable bonds is 5. The Morgan fingerprint density at radius 3 is 2.26 bits per heavy atom. The number of alkyl halides is 3. The molecule has 5 rings (SSSR count). The van der Waals surface area contributed by atoms with Gasteiger partial charge in [0.25, 0.3) is 5.91 Å². The van der Waals surface area contributed by atoms with Gasteiger partial charge in [0.15, 0.2) is 5.58 Å². The Kier molecular flexibility index (Phi) is 7.29. The number of fused-ring (bicyclic) bond motifs is 1. The van der Waals surface area contributed by atoms with Gasteiger partial charge in [0.1, 0.15) is 0 Å². The van der Waals surface area contributed by atoms with Crippen LogP contribution in [0.25, 0.3) is 11.1 Å². The van der Waals surface area contributed by atoms with E-state index in [0.717, 1.165) is 38.1 Å². The molecule has 3 aromatic rings. The summed E-state index contributed by atoms with van der Waals surface area (Å²) in [6.07, 6.45) is -2.00. The number of hydrogen-bond acceptors (Lipinski definition) is 5. The molecule has 2 saturated heterocycles. The van der Waals surface area contributed by atoms with Gasteiger partial charge < -0.3 is 14.2 Å². The number of carbonyl (C=O) groups excluding carboxylic acids is 2. The number of H-pyrrole nitrogens is 1. The van der Waals surface area contributed by atoms with Crippen molar-refractivity contribution in [3.63, 3.8) is 0 Å². The van der Waals surface area contributed by atoms with Crippen molar-refractivity contribution in [2.24, 2.45) is 0 Å². The molecule has 1 aromatic heterocycles. The molecule has 2 aromatic carbocycles. The van der Waals surface area contributed by atoms with Crippen molar-refractivity contribution < 1.29 is 27.2 Å². The molecule has 11 heteroatoms. The van der Waals surface area contributed by atoms with Gasteiger partial charge in [-0.2, -0.15) is 13.2 Å². The summed E-state index contributed by atoms with van der Waals surface area (Å²) in [6.45, 7) is 4.01. The Bertz CT molecular complexity index is 1350. The van der Waals surface area contributed by atoms with E-state index < -0.39 is 17.5 Å². The first-order valence-electron chi connectivity index (χ1n) is 12.8. The average molecular weight is 531 g/mol. The monoisotopic (exact) mass is 530 g/mol. The third kappa shape index (κ3) is 5.77. The second kappa shape index (κ2) is 10.6. The van der Waals surface area contributed by atoms with Crippen LogP contribution in [0, 0.1) is 0 Å². The van der Waals surface area contributed by atoms with E-state index in [0.29, 0.717) is 60.9 Å². The summed E-state index contributed by atoms with van der Waals surface area (Å²) >= 11 is 0. The van der Waals surface area contributed by atoms with E-state index in [1.165, 1.54) is 12.1 Å². The van der Waals surface area contributed by atoms with E-state index in [1.807, 2.05) is 9.80 Å². The number of nitrogens with one attached hydrogen (secondary N) is 1. The van der Waals surface area contributed by atoms with Crippen molar-refractivity contribution in [2.45, 2.75) is 37.9 Å². The lowest BCUT2D eigenvalue weighted by atomic mass is 10.0. The number of oxazole rings is 1. The molecule has 0 spiro atoms. The van der Waals surface area contributed by atoms with Crippen LogP contribution in [-0.4, -0.2) is 76.8 Å². The maximum absolute atomic E-state index is 13.0. The van der Waals surface area contributed by atoms with Gasteiger partial charge in [-0.3, -0.25) is 19.5 Å². The van der Waals surface area contributed by atoms with Gasteiger partial charge in [0.05, 0.1) is 11.1 Å². The Morgan fingerprint density at radius 2 is 1.61 bits per heavy atom. The zero-order chi connectivity index (χ0) is 26.9. The molecule has 2 aliphatic rings. The smallest absolute Gasteiger partial charge is 0.408 e. The van der Waals surface area contributed by atoms with Gasteiger partial charge >= 0.3 is 11.9 Å². The lowest BCUT2D eigenvalue weighted by Crippen LogP contribution is -2.54. The minimum Gasteiger partial charge on any atom is -0.408 e. The van der Waals surface area contributed by atoms with Crippen LogP contribution in [0.1, 0.15) is 40.7 Å². The van der Waals surface area contributed by atoms with Crippen LogP contribution >= 0.6 is 0 Å². The summed E-state index contributed by atoms with van der Waals surface area (Å²) in [5.74, 6) is -0.621. The molecule has 0 atom stereocenters. The Labute approximate surface area is 217 Å². The van der Waals surface area contributed by atoms with Crippen LogP contribution in [0.4, 0.5) is 13.2 Å². The first kappa shape index (κ1) is 26.0. The highest BCUT2D eigenvalue weighted by atomic mass is 19.4. The highest BCUT2D eigenvalue weighted by molar-refractivity contribution is 5.97. The number of aromatic nitrogens is 1. The number of hydrogen-bond donors (Lipinski definition) is 1. The number of amides is 2. The molecule has 1 N–H and O–H groups in total. The van der Waals surface area contributed by atoms with E-state index >= 15 is 0 Å². The van der Waals surface area contributed by atoms with Crippen LogP contribution in [0.2, 0.25) is 0 Å². The van der Waals surface area contributed by atoms with E-state index in [-0.39, 0.29) is 18.2 Å². The number of halogens is 3. The van der Waals surface area contributed by atoms with Gasteiger partial charge in [-0.05, 0) is 55.2 Å². The van der Waals surface area contributed by atoms with Gasteiger partial charge in [0.2, 0.25) is 5.91 Å². The largest absolute Gasteiger partial charge is 0.417 e. The van der Waals surface area contributed by atoms with E-state index in [1.54, 1.807) is 18.2 Å². The standard InChI is InChI=1S/C27H29F3N4O4/c28-27(29,30)20-5-1-18(2-6-20)3-8-24(35)33-15-13-32(14-16-33)21-9-11-34(12-10-21)25(36)19-4-7-22-23(17-19)38-26(37)31-22/h1-2,4-7,17,21H,3,8-16H2,(H,31,37). The van der Waals surface area contributed by atoms with Crippen LogP contribution < -0.4 is 5.76 Å². The zero-order valence-corrected chi connectivity index (χ0v) is 20.8. The summed E-state index contributed by atoms with van der Waals surface area (Å²) in [4.78, 5) is 45.6. The third-order valence-electron chi connectivity index (χ3n) is 7.51. The normalized spacial score (nSPS) is 17.8. The summed E-state index contributed by atoms with van der Waals surface area (Å²) in [6, 6.07) is 10.3. The fourth-order valence-corrected chi connectivity index (χ4v) is 5.30. The van der Waals surface area contributed by atoms with Crippen molar-refractivity contribution >= 4 is 22.9 Å². The molecule has 8 nitrogen and oxygen atoms in total. The summed E-state index contributed by atoms with van der Waals surface area (Å²) in [5, 5.41) is 0. The Balaban J connectivity index is 1.06. The number of likely N-dealkylation sites (tertiary alicyclic amines) is 1.